The first kappa shape index (κ1) is 12.3. The molecule has 0 saturated carbocycles. The Kier molecular flexibility index (Phi) is 4.59. The molecule has 0 aliphatic heterocycles. The van der Waals surface area contributed by atoms with E-state index < -0.39 is 0 Å². The molecule has 0 heterocycles. The van der Waals surface area contributed by atoms with E-state index in [4.69, 9.17) is 4.74 Å². The Hall–Kier alpha value is -1.76. The second-order valence-corrected chi connectivity index (χ2v) is 3.49. The molecule has 1 rings (SSSR count). The van der Waals surface area contributed by atoms with Crippen LogP contribution >= 0.6 is 0 Å². The molecule has 1 nitrogen and oxygen atoms in total. The number of benzene rings is 1. The molecule has 0 bridgehead atoms. The molecule has 0 unspecified atom stereocenters. The average Bonchev–Trinajstić information content (AvgIpc) is 2.35. The molecule has 1 aromatic carbocycles. The summed E-state index contributed by atoms with van der Waals surface area (Å²) >= 11 is 0. The van der Waals surface area contributed by atoms with Crippen LogP contribution in [0.3, 0.4) is 0 Å². The number of hydrogen-bond acceptors (Lipinski definition) is 1. The topological polar surface area (TPSA) is 9.23 Å². The fourth-order valence-corrected chi connectivity index (χ4v) is 1.57. The average molecular weight is 214 g/mol. The molecule has 0 aromatic heterocycles. The lowest BCUT2D eigenvalue weighted by molar-refractivity contribution is 0.413. The maximum atomic E-state index is 5.36. The Morgan fingerprint density at radius 1 is 1.31 bits per heavy atom. The summed E-state index contributed by atoms with van der Waals surface area (Å²) in [6.07, 6.45) is 5.89. The van der Waals surface area contributed by atoms with E-state index in [0.717, 1.165) is 16.9 Å². The van der Waals surface area contributed by atoms with E-state index in [1.165, 1.54) is 5.57 Å². The Bertz CT molecular complexity index is 425. The van der Waals surface area contributed by atoms with Gasteiger partial charge in [-0.3, -0.25) is 0 Å². The summed E-state index contributed by atoms with van der Waals surface area (Å²) in [5.41, 5.74) is 3.46. The lowest BCUT2D eigenvalue weighted by Gasteiger charge is -2.12. The van der Waals surface area contributed by atoms with Crippen LogP contribution in [-0.2, 0) is 0 Å². The molecule has 0 atom stereocenters. The van der Waals surface area contributed by atoms with Gasteiger partial charge in [-0.25, -0.2) is 0 Å². The first-order valence-electron chi connectivity index (χ1n) is 5.34. The summed E-state index contributed by atoms with van der Waals surface area (Å²) in [6.45, 7) is 7.87. The van der Waals surface area contributed by atoms with Gasteiger partial charge < -0.3 is 4.74 Å². The molecule has 84 valence electrons. The van der Waals surface area contributed by atoms with Crippen molar-refractivity contribution >= 4 is 5.57 Å². The zero-order chi connectivity index (χ0) is 12.0. The lowest BCUT2D eigenvalue weighted by atomic mass is 9.97. The monoisotopic (exact) mass is 214 g/mol. The molecule has 1 aromatic rings. The number of para-hydroxylation sites is 1. The molecule has 0 saturated heterocycles. The number of methoxy groups -OCH3 is 1. The van der Waals surface area contributed by atoms with Crippen LogP contribution in [-0.4, -0.2) is 7.11 Å². The van der Waals surface area contributed by atoms with Crippen LogP contribution < -0.4 is 4.74 Å². The Labute approximate surface area is 97.8 Å². The standard InChI is InChI=1S/C15H18O/c1-5-9-13(12(3)6-2)14-10-7-8-11-15(14)16-4/h5-11H,1H2,2-4H3/b12-6-,13-9+. The van der Waals surface area contributed by atoms with Gasteiger partial charge in [0, 0.05) is 5.56 Å². The molecule has 0 N–H and O–H groups in total. The van der Waals surface area contributed by atoms with Crippen molar-refractivity contribution in [3.05, 3.63) is 60.2 Å². The van der Waals surface area contributed by atoms with E-state index in [0.29, 0.717) is 0 Å². The first-order valence-corrected chi connectivity index (χ1v) is 5.34. The van der Waals surface area contributed by atoms with Crippen LogP contribution in [0.15, 0.2) is 54.6 Å². The molecule has 0 aliphatic rings. The van der Waals surface area contributed by atoms with Gasteiger partial charge in [0.2, 0.25) is 0 Å². The summed E-state index contributed by atoms with van der Waals surface area (Å²) in [4.78, 5) is 0. The van der Waals surface area contributed by atoms with Crippen molar-refractivity contribution in [3.63, 3.8) is 0 Å². The highest BCUT2D eigenvalue weighted by atomic mass is 16.5. The van der Waals surface area contributed by atoms with Crippen molar-refractivity contribution in [2.75, 3.05) is 7.11 Å². The second kappa shape index (κ2) is 5.96. The summed E-state index contributed by atoms with van der Waals surface area (Å²) in [5, 5.41) is 0. The summed E-state index contributed by atoms with van der Waals surface area (Å²) in [5.74, 6) is 0.886. The van der Waals surface area contributed by atoms with Gasteiger partial charge in [-0.15, -0.1) is 0 Å². The second-order valence-electron chi connectivity index (χ2n) is 3.49. The van der Waals surface area contributed by atoms with Gasteiger partial charge in [-0.05, 0) is 31.1 Å². The summed E-state index contributed by atoms with van der Waals surface area (Å²) < 4.78 is 5.36. The van der Waals surface area contributed by atoms with Crippen LogP contribution in [0.5, 0.6) is 5.75 Å². The van der Waals surface area contributed by atoms with Crippen molar-refractivity contribution in [2.24, 2.45) is 0 Å². The maximum Gasteiger partial charge on any atom is 0.126 e. The molecule has 0 radical (unpaired) electrons. The minimum atomic E-state index is 0.886. The largest absolute Gasteiger partial charge is 0.496 e. The van der Waals surface area contributed by atoms with Gasteiger partial charge in [-0.1, -0.05) is 43.0 Å². The van der Waals surface area contributed by atoms with Crippen molar-refractivity contribution < 1.29 is 4.74 Å². The van der Waals surface area contributed by atoms with Crippen LogP contribution in [0.4, 0.5) is 0 Å². The van der Waals surface area contributed by atoms with E-state index in [9.17, 15) is 0 Å². The normalized spacial score (nSPS) is 12.4. The van der Waals surface area contributed by atoms with Gasteiger partial charge >= 0.3 is 0 Å². The molecular weight excluding hydrogens is 196 g/mol. The fraction of sp³-hybridized carbons (Fsp3) is 0.200. The lowest BCUT2D eigenvalue weighted by Crippen LogP contribution is -1.92. The first-order chi connectivity index (χ1) is 7.74. The highest BCUT2D eigenvalue weighted by Crippen LogP contribution is 2.30. The quantitative estimate of drug-likeness (QED) is 0.681. The third kappa shape index (κ3) is 2.63. The fourth-order valence-electron chi connectivity index (χ4n) is 1.57. The van der Waals surface area contributed by atoms with Crippen molar-refractivity contribution in [1.82, 2.24) is 0 Å². The zero-order valence-corrected chi connectivity index (χ0v) is 10.2. The predicted octanol–water partition coefficient (Wildman–Crippen LogP) is 4.23. The third-order valence-corrected chi connectivity index (χ3v) is 2.54. The van der Waals surface area contributed by atoms with E-state index in [1.54, 1.807) is 13.2 Å². The molecule has 0 amide bonds. The highest BCUT2D eigenvalue weighted by molar-refractivity contribution is 5.82. The summed E-state index contributed by atoms with van der Waals surface area (Å²) in [6, 6.07) is 8.01. The predicted molar refractivity (Wildman–Crippen MR) is 70.6 cm³/mol. The van der Waals surface area contributed by atoms with Crippen LogP contribution in [0.25, 0.3) is 5.57 Å². The summed E-state index contributed by atoms with van der Waals surface area (Å²) in [7, 11) is 1.69. The van der Waals surface area contributed by atoms with E-state index in [-0.39, 0.29) is 0 Å². The molecule has 16 heavy (non-hydrogen) atoms. The van der Waals surface area contributed by atoms with Gasteiger partial charge in [0.15, 0.2) is 0 Å². The Balaban J connectivity index is 3.32. The Morgan fingerprint density at radius 2 is 2.00 bits per heavy atom. The van der Waals surface area contributed by atoms with Crippen LogP contribution in [0.2, 0.25) is 0 Å². The number of ether oxygens (including phenoxy) is 1. The molecule has 0 fully saturated rings. The van der Waals surface area contributed by atoms with Gasteiger partial charge in [0.05, 0.1) is 7.11 Å². The molecule has 0 spiro atoms. The van der Waals surface area contributed by atoms with Crippen molar-refractivity contribution in [1.29, 1.82) is 0 Å². The van der Waals surface area contributed by atoms with Gasteiger partial charge in [0.1, 0.15) is 5.75 Å². The molecule has 0 aliphatic carbocycles. The SMILES string of the molecule is C=C/C=C(\C(C)=C/C)c1ccccc1OC. The van der Waals surface area contributed by atoms with Crippen LogP contribution in [0, 0.1) is 0 Å². The minimum Gasteiger partial charge on any atom is -0.496 e. The molecular formula is C15H18O. The van der Waals surface area contributed by atoms with Gasteiger partial charge in [-0.2, -0.15) is 0 Å². The van der Waals surface area contributed by atoms with Crippen molar-refractivity contribution in [2.45, 2.75) is 13.8 Å². The number of rotatable bonds is 4. The molecule has 1 heteroatoms. The van der Waals surface area contributed by atoms with Crippen molar-refractivity contribution in [3.8, 4) is 5.75 Å². The van der Waals surface area contributed by atoms with E-state index >= 15 is 0 Å². The number of allylic oxidation sites excluding steroid dienone is 5. The number of hydrogen-bond donors (Lipinski definition) is 0. The van der Waals surface area contributed by atoms with E-state index in [2.05, 4.69) is 25.6 Å². The minimum absolute atomic E-state index is 0.886. The van der Waals surface area contributed by atoms with Gasteiger partial charge in [0.25, 0.3) is 0 Å². The third-order valence-electron chi connectivity index (χ3n) is 2.54. The zero-order valence-electron chi connectivity index (χ0n) is 10.2. The smallest absolute Gasteiger partial charge is 0.126 e. The maximum absolute atomic E-state index is 5.36. The highest BCUT2D eigenvalue weighted by Gasteiger charge is 2.07. The Morgan fingerprint density at radius 3 is 2.56 bits per heavy atom. The van der Waals surface area contributed by atoms with Crippen LogP contribution in [0.1, 0.15) is 19.4 Å². The van der Waals surface area contributed by atoms with E-state index in [1.807, 2.05) is 31.2 Å².